The van der Waals surface area contributed by atoms with E-state index in [0.717, 1.165) is 18.6 Å². The van der Waals surface area contributed by atoms with Crippen LogP contribution in [0.1, 0.15) is 50.2 Å². The van der Waals surface area contributed by atoms with E-state index in [1.807, 2.05) is 4.90 Å². The molecule has 9 nitrogen and oxygen atoms in total. The molecule has 2 aliphatic heterocycles. The summed E-state index contributed by atoms with van der Waals surface area (Å²) in [7, 11) is 0. The maximum Gasteiger partial charge on any atom is 0.423 e. The lowest BCUT2D eigenvalue weighted by atomic mass is 9.98. The highest BCUT2D eigenvalue weighted by Crippen LogP contribution is 2.33. The number of likely N-dealkylation sites (tertiary alicyclic amines) is 1. The van der Waals surface area contributed by atoms with Crippen LogP contribution in [0.3, 0.4) is 0 Å². The highest BCUT2D eigenvalue weighted by atomic mass is 19.4. The van der Waals surface area contributed by atoms with Crippen LogP contribution in [0.25, 0.3) is 0 Å². The minimum atomic E-state index is -4.84. The summed E-state index contributed by atoms with van der Waals surface area (Å²) in [5, 5.41) is 7.93. The van der Waals surface area contributed by atoms with Crippen molar-refractivity contribution >= 4 is 17.5 Å². The van der Waals surface area contributed by atoms with Crippen molar-refractivity contribution in [1.29, 1.82) is 0 Å². The SMILES string of the molecule is C[C@@H](CC[C@H]1CCN(C2CCN(c3ncc(C(F)(F)F)cn3)CC2)C1=O)Nc1cn[nH]c(=O)c1C(F)(F)F. The van der Waals surface area contributed by atoms with Gasteiger partial charge in [-0.1, -0.05) is 0 Å². The zero-order valence-corrected chi connectivity index (χ0v) is 20.4. The van der Waals surface area contributed by atoms with Crippen molar-refractivity contribution < 1.29 is 31.1 Å². The molecular weight excluding hydrogens is 520 g/mol. The second kappa shape index (κ2) is 10.8. The molecule has 0 aliphatic carbocycles. The Balaban J connectivity index is 1.27. The summed E-state index contributed by atoms with van der Waals surface area (Å²) < 4.78 is 78.0. The largest absolute Gasteiger partial charge is 0.423 e. The van der Waals surface area contributed by atoms with Gasteiger partial charge >= 0.3 is 12.4 Å². The molecule has 0 aromatic carbocycles. The summed E-state index contributed by atoms with van der Waals surface area (Å²) in [5.41, 5.74) is -3.98. The molecule has 38 heavy (non-hydrogen) atoms. The van der Waals surface area contributed by atoms with E-state index in [4.69, 9.17) is 0 Å². The third-order valence-corrected chi connectivity index (χ3v) is 6.99. The fourth-order valence-electron chi connectivity index (χ4n) is 4.98. The van der Waals surface area contributed by atoms with E-state index < -0.39 is 40.8 Å². The molecule has 4 heterocycles. The van der Waals surface area contributed by atoms with Crippen LogP contribution < -0.4 is 15.8 Å². The number of nitrogens with zero attached hydrogens (tertiary/aromatic N) is 5. The van der Waals surface area contributed by atoms with Crippen LogP contribution >= 0.6 is 0 Å². The number of carbonyl (C=O) groups excluding carboxylic acids is 1. The number of halogens is 6. The van der Waals surface area contributed by atoms with Gasteiger partial charge in [0.25, 0.3) is 5.56 Å². The number of amides is 1. The van der Waals surface area contributed by atoms with Crippen LogP contribution in [-0.2, 0) is 17.1 Å². The first kappa shape index (κ1) is 27.6. The third kappa shape index (κ3) is 6.18. The first-order chi connectivity index (χ1) is 17.8. The minimum absolute atomic E-state index is 0.00441. The van der Waals surface area contributed by atoms with Crippen molar-refractivity contribution in [3.63, 3.8) is 0 Å². The molecule has 2 atom stereocenters. The van der Waals surface area contributed by atoms with Gasteiger partial charge in [-0.25, -0.2) is 15.1 Å². The molecule has 0 spiro atoms. The molecule has 0 radical (unpaired) electrons. The number of piperidine rings is 1. The number of hydrogen-bond donors (Lipinski definition) is 2. The number of rotatable bonds is 7. The highest BCUT2D eigenvalue weighted by molar-refractivity contribution is 5.81. The number of carbonyl (C=O) groups is 1. The van der Waals surface area contributed by atoms with Gasteiger partial charge in [-0.3, -0.25) is 9.59 Å². The fraction of sp³-hybridized carbons (Fsp3) is 0.609. The van der Waals surface area contributed by atoms with Gasteiger partial charge < -0.3 is 15.1 Å². The maximum absolute atomic E-state index is 13.3. The first-order valence-electron chi connectivity index (χ1n) is 12.2. The van der Waals surface area contributed by atoms with Crippen molar-refractivity contribution in [3.8, 4) is 0 Å². The summed E-state index contributed by atoms with van der Waals surface area (Å²) in [6.45, 7) is 3.25. The Bertz CT molecular complexity index is 1180. The van der Waals surface area contributed by atoms with Crippen molar-refractivity contribution in [3.05, 3.63) is 40.1 Å². The van der Waals surface area contributed by atoms with Gasteiger partial charge in [-0.15, -0.1) is 0 Å². The van der Waals surface area contributed by atoms with Gasteiger partial charge in [0.2, 0.25) is 11.9 Å². The molecule has 2 fully saturated rings. The monoisotopic (exact) mass is 547 g/mol. The summed E-state index contributed by atoms with van der Waals surface area (Å²) in [4.78, 5) is 36.0. The summed E-state index contributed by atoms with van der Waals surface area (Å²) in [5.74, 6) is -0.0435. The quantitative estimate of drug-likeness (QED) is 0.509. The van der Waals surface area contributed by atoms with Crippen LogP contribution in [0, 0.1) is 5.92 Å². The van der Waals surface area contributed by atoms with Gasteiger partial charge in [0.05, 0.1) is 17.4 Å². The molecule has 0 unspecified atom stereocenters. The lowest BCUT2D eigenvalue weighted by Gasteiger charge is -2.37. The fourth-order valence-corrected chi connectivity index (χ4v) is 4.98. The molecule has 2 N–H and O–H groups in total. The standard InChI is InChI=1S/C23H27F6N7O2/c1-13(33-17-12-32-34-19(37)18(17)23(27,28)29)2-3-14-4-9-36(20(14)38)16-5-7-35(8-6-16)21-30-10-15(11-31-21)22(24,25)26/h10-14,16H,2-9H2,1H3,(H2,33,34,37)/t13-,14-/m0/s1. The Labute approximate surface area is 213 Å². The number of aromatic amines is 1. The second-order valence-corrected chi connectivity index (χ2v) is 9.61. The summed E-state index contributed by atoms with van der Waals surface area (Å²) >= 11 is 0. The van der Waals surface area contributed by atoms with Gasteiger partial charge in [0, 0.05) is 50.0 Å². The van der Waals surface area contributed by atoms with E-state index in [2.05, 4.69) is 20.4 Å². The minimum Gasteiger partial charge on any atom is -0.381 e. The molecule has 0 saturated carbocycles. The molecule has 4 rings (SSSR count). The smallest absolute Gasteiger partial charge is 0.381 e. The number of aromatic nitrogens is 4. The molecule has 1 amide bonds. The van der Waals surface area contributed by atoms with Crippen LogP contribution in [-0.4, -0.2) is 62.7 Å². The van der Waals surface area contributed by atoms with Crippen LogP contribution in [0.5, 0.6) is 0 Å². The van der Waals surface area contributed by atoms with E-state index in [-0.39, 0.29) is 23.8 Å². The van der Waals surface area contributed by atoms with Crippen LogP contribution in [0.2, 0.25) is 0 Å². The molecular formula is C23H27F6N7O2. The van der Waals surface area contributed by atoms with E-state index in [0.29, 0.717) is 51.7 Å². The molecule has 2 aliphatic rings. The van der Waals surface area contributed by atoms with E-state index >= 15 is 0 Å². The molecule has 208 valence electrons. The van der Waals surface area contributed by atoms with Crippen molar-refractivity contribution in [2.45, 2.75) is 63.5 Å². The summed E-state index contributed by atoms with van der Waals surface area (Å²) in [6.07, 6.45) is -4.14. The molecule has 0 bridgehead atoms. The Hall–Kier alpha value is -3.39. The van der Waals surface area contributed by atoms with E-state index in [1.165, 1.54) is 0 Å². The predicted octanol–water partition coefficient (Wildman–Crippen LogP) is 3.70. The Morgan fingerprint density at radius 1 is 1.00 bits per heavy atom. The Kier molecular flexibility index (Phi) is 7.83. The van der Waals surface area contributed by atoms with Crippen LogP contribution in [0.15, 0.2) is 23.4 Å². The molecule has 2 saturated heterocycles. The van der Waals surface area contributed by atoms with Crippen molar-refractivity contribution in [2.24, 2.45) is 5.92 Å². The van der Waals surface area contributed by atoms with Gasteiger partial charge in [0.1, 0.15) is 5.56 Å². The lowest BCUT2D eigenvalue weighted by Crippen LogP contribution is -2.46. The molecule has 2 aromatic heterocycles. The normalized spacial score (nSPS) is 20.2. The number of H-pyrrole nitrogens is 1. The van der Waals surface area contributed by atoms with Gasteiger partial charge in [0.15, 0.2) is 0 Å². The number of nitrogens with one attached hydrogen (secondary N) is 2. The van der Waals surface area contributed by atoms with Crippen LogP contribution in [0.4, 0.5) is 38.0 Å². The van der Waals surface area contributed by atoms with Gasteiger partial charge in [-0.05, 0) is 39.0 Å². The van der Waals surface area contributed by atoms with Crippen molar-refractivity contribution in [2.75, 3.05) is 29.9 Å². The zero-order valence-electron chi connectivity index (χ0n) is 20.4. The topological polar surface area (TPSA) is 107 Å². The molecule has 15 heteroatoms. The number of anilines is 2. The summed E-state index contributed by atoms with van der Waals surface area (Å²) in [6, 6.07) is -0.446. The molecule has 2 aromatic rings. The maximum atomic E-state index is 13.3. The first-order valence-corrected chi connectivity index (χ1v) is 12.2. The van der Waals surface area contributed by atoms with E-state index in [9.17, 15) is 35.9 Å². The lowest BCUT2D eigenvalue weighted by molar-refractivity contribution is -0.139. The number of hydrogen-bond acceptors (Lipinski definition) is 7. The van der Waals surface area contributed by atoms with Gasteiger partial charge in [-0.2, -0.15) is 31.4 Å². The van der Waals surface area contributed by atoms with E-state index in [1.54, 1.807) is 16.9 Å². The third-order valence-electron chi connectivity index (χ3n) is 6.99. The average molecular weight is 548 g/mol. The zero-order chi connectivity index (χ0) is 27.7. The Morgan fingerprint density at radius 2 is 1.66 bits per heavy atom. The predicted molar refractivity (Wildman–Crippen MR) is 124 cm³/mol. The average Bonchev–Trinajstić information content (AvgIpc) is 3.21. The number of alkyl halides is 6. The second-order valence-electron chi connectivity index (χ2n) is 9.61. The highest BCUT2D eigenvalue weighted by Gasteiger charge is 2.39. The Morgan fingerprint density at radius 3 is 2.26 bits per heavy atom. The van der Waals surface area contributed by atoms with Crippen molar-refractivity contribution in [1.82, 2.24) is 25.1 Å².